The predicted octanol–water partition coefficient (Wildman–Crippen LogP) is 2.17. The third-order valence-corrected chi connectivity index (χ3v) is 3.73. The molecule has 0 unspecified atom stereocenters. The van der Waals surface area contributed by atoms with Crippen molar-refractivity contribution in [1.29, 1.82) is 0 Å². The maximum atomic E-state index is 12.9. The Morgan fingerprint density at radius 2 is 1.06 bits per heavy atom. The van der Waals surface area contributed by atoms with Gasteiger partial charge < -0.3 is 13.3 Å². The summed E-state index contributed by atoms with van der Waals surface area (Å²) in [5, 5.41) is 0. The molecule has 0 aromatic carbocycles. The number of alkyl halides is 7. The lowest BCUT2D eigenvalue weighted by molar-refractivity contribution is -0.413. The van der Waals surface area contributed by atoms with E-state index in [0.29, 0.717) is 21.3 Å². The molecule has 0 fully saturated rings. The van der Waals surface area contributed by atoms with Crippen molar-refractivity contribution in [2.75, 3.05) is 21.3 Å². The average molecular weight is 306 g/mol. The smallest absolute Gasteiger partial charge is 0.354 e. The molecule has 0 N–H and O–H groups in total. The molecular weight excluding hydrogens is 297 g/mol. The van der Waals surface area contributed by atoms with Crippen LogP contribution in [-0.2, 0) is 17.7 Å². The summed E-state index contributed by atoms with van der Waals surface area (Å²) in [5.41, 5.74) is 0. The number of hydrogen-bond acceptors (Lipinski definition) is 4. The van der Waals surface area contributed by atoms with Crippen molar-refractivity contribution < 1.29 is 48.4 Å². The molecule has 0 atom stereocenters. The summed E-state index contributed by atoms with van der Waals surface area (Å²) in [5.74, 6) is -6.42. The zero-order valence-electron chi connectivity index (χ0n) is 9.28. The Kier molecular flexibility index (Phi) is 5.16. The summed E-state index contributed by atoms with van der Waals surface area (Å²) in [6.07, 6.45) is -12.4. The van der Waals surface area contributed by atoms with Crippen LogP contribution in [0.4, 0.5) is 30.7 Å². The van der Waals surface area contributed by atoms with E-state index >= 15 is 0 Å². The third kappa shape index (κ3) is 3.11. The van der Waals surface area contributed by atoms with Crippen molar-refractivity contribution in [3.63, 3.8) is 0 Å². The Morgan fingerprint density at radius 1 is 0.722 bits per heavy atom. The van der Waals surface area contributed by atoms with Crippen LogP contribution >= 0.6 is 0 Å². The molecule has 0 rings (SSSR count). The van der Waals surface area contributed by atoms with Crippen molar-refractivity contribution in [2.24, 2.45) is 0 Å². The normalized spacial score (nSPS) is 15.0. The van der Waals surface area contributed by atoms with Gasteiger partial charge in [0.2, 0.25) is 0 Å². The zero-order chi connectivity index (χ0) is 14.8. The quantitative estimate of drug-likeness (QED) is 0.557. The van der Waals surface area contributed by atoms with Gasteiger partial charge in [0.05, 0.1) is 0 Å². The van der Waals surface area contributed by atoms with Crippen LogP contribution in [0.3, 0.4) is 0 Å². The van der Waals surface area contributed by atoms with Crippen LogP contribution in [0.2, 0.25) is 0 Å². The number of hydrogen-bond donors (Lipinski definition) is 0. The van der Waals surface area contributed by atoms with Gasteiger partial charge in [-0.25, -0.2) is 0 Å². The lowest BCUT2D eigenvalue weighted by atomic mass is 10.3. The minimum Gasteiger partial charge on any atom is -0.354 e. The van der Waals surface area contributed by atoms with Crippen molar-refractivity contribution in [1.82, 2.24) is 0 Å². The molecule has 0 aliphatic heterocycles. The highest BCUT2D eigenvalue weighted by molar-refractivity contribution is 6.53. The fraction of sp³-hybridized carbons (Fsp3) is 1.00. The molecule has 0 spiro atoms. The van der Waals surface area contributed by atoms with Crippen LogP contribution in [0.15, 0.2) is 0 Å². The monoisotopic (exact) mass is 306 g/mol. The first-order valence-corrected chi connectivity index (χ1v) is 5.70. The van der Waals surface area contributed by atoms with Gasteiger partial charge in [0.15, 0.2) is 0 Å². The van der Waals surface area contributed by atoms with E-state index in [1.54, 1.807) is 0 Å². The molecule has 0 aromatic heterocycles. The van der Waals surface area contributed by atoms with E-state index in [0.717, 1.165) is 0 Å². The second-order valence-corrected chi connectivity index (χ2v) is 5.23. The summed E-state index contributed by atoms with van der Waals surface area (Å²) in [6, 6.07) is 0. The van der Waals surface area contributed by atoms with E-state index in [1.807, 2.05) is 0 Å². The van der Waals surface area contributed by atoms with Crippen LogP contribution in [0.1, 0.15) is 0 Å². The van der Waals surface area contributed by atoms with Crippen LogP contribution < -0.4 is 0 Å². The highest BCUT2D eigenvalue weighted by atomic mass is 28.4. The Balaban J connectivity index is 5.28. The van der Waals surface area contributed by atoms with E-state index in [1.165, 1.54) is 0 Å². The Labute approximate surface area is 98.1 Å². The molecule has 0 aliphatic carbocycles. The molecule has 4 nitrogen and oxygen atoms in total. The fourth-order valence-corrected chi connectivity index (χ4v) is 1.95. The van der Waals surface area contributed by atoms with Crippen molar-refractivity contribution in [3.05, 3.63) is 0 Å². The summed E-state index contributed by atoms with van der Waals surface area (Å²) in [6.45, 7) is 0. The van der Waals surface area contributed by atoms with Crippen molar-refractivity contribution in [2.45, 2.75) is 18.2 Å². The molecule has 0 bridgehead atoms. The second kappa shape index (κ2) is 5.28. The van der Waals surface area contributed by atoms with Gasteiger partial charge in [-0.3, -0.25) is 4.43 Å². The predicted molar refractivity (Wildman–Crippen MR) is 43.8 cm³/mol. The van der Waals surface area contributed by atoms with Gasteiger partial charge in [0.25, 0.3) is 0 Å². The first kappa shape index (κ1) is 17.6. The van der Waals surface area contributed by atoms with Crippen molar-refractivity contribution >= 4 is 9.05 Å². The van der Waals surface area contributed by atoms with Crippen LogP contribution in [0.25, 0.3) is 0 Å². The van der Waals surface area contributed by atoms with E-state index in [9.17, 15) is 30.7 Å². The number of rotatable bonds is 6. The highest BCUT2D eigenvalue weighted by Crippen LogP contribution is 2.48. The fourth-order valence-electron chi connectivity index (χ4n) is 0.761. The lowest BCUT2D eigenvalue weighted by Gasteiger charge is -2.32. The van der Waals surface area contributed by atoms with Gasteiger partial charge in [-0.05, 0) is 0 Å². The molecule has 12 heteroatoms. The van der Waals surface area contributed by atoms with Crippen LogP contribution in [0, 0.1) is 0 Å². The standard InChI is InChI=1S/C6H9F7O4Si/c1-14-18(15-2,16-3)17-6(12,13)4(7,8)5(9,10)11/h1-3H3. The highest BCUT2D eigenvalue weighted by Gasteiger charge is 2.77. The molecule has 0 aliphatic rings. The van der Waals surface area contributed by atoms with Gasteiger partial charge >= 0.3 is 27.3 Å². The SMILES string of the molecule is CO[Si](OC)(OC)OC(F)(F)C(F)(F)C(F)(F)F. The molecule has 0 saturated heterocycles. The summed E-state index contributed by atoms with van der Waals surface area (Å²) in [7, 11) is -2.68. The van der Waals surface area contributed by atoms with Crippen LogP contribution in [0.5, 0.6) is 0 Å². The van der Waals surface area contributed by atoms with E-state index in [-0.39, 0.29) is 0 Å². The molecule has 0 radical (unpaired) electrons. The summed E-state index contributed by atoms with van der Waals surface area (Å²) < 4.78 is 102. The van der Waals surface area contributed by atoms with Crippen molar-refractivity contribution in [3.8, 4) is 0 Å². The number of halogens is 7. The van der Waals surface area contributed by atoms with Gasteiger partial charge in [-0.1, -0.05) is 0 Å². The second-order valence-electron chi connectivity index (χ2n) is 2.80. The Bertz CT molecular complexity index is 269. The zero-order valence-corrected chi connectivity index (χ0v) is 10.3. The Morgan fingerprint density at radius 3 is 1.28 bits per heavy atom. The molecule has 110 valence electrons. The molecular formula is C6H9F7O4Si. The molecule has 0 saturated carbocycles. The molecule has 0 heterocycles. The maximum Gasteiger partial charge on any atom is 0.683 e. The van der Waals surface area contributed by atoms with E-state index in [4.69, 9.17) is 0 Å². The maximum absolute atomic E-state index is 12.9. The molecule has 18 heavy (non-hydrogen) atoms. The minimum atomic E-state index is -6.51. The van der Waals surface area contributed by atoms with E-state index in [2.05, 4.69) is 17.7 Å². The first-order valence-electron chi connectivity index (χ1n) is 4.07. The summed E-state index contributed by atoms with van der Waals surface area (Å²) in [4.78, 5) is 0. The van der Waals surface area contributed by atoms with E-state index < -0.39 is 27.3 Å². The summed E-state index contributed by atoms with van der Waals surface area (Å²) >= 11 is 0. The van der Waals surface area contributed by atoms with Gasteiger partial charge in [0.1, 0.15) is 0 Å². The van der Waals surface area contributed by atoms with Gasteiger partial charge in [-0.15, -0.1) is 0 Å². The topological polar surface area (TPSA) is 36.9 Å². The van der Waals surface area contributed by atoms with Gasteiger partial charge in [-0.2, -0.15) is 30.7 Å². The molecule has 0 amide bonds. The minimum absolute atomic E-state index is 0.695. The molecule has 0 aromatic rings. The Hall–Kier alpha value is -0.433. The third-order valence-electron chi connectivity index (χ3n) is 1.72. The van der Waals surface area contributed by atoms with Gasteiger partial charge in [0, 0.05) is 21.3 Å². The first-order chi connectivity index (χ1) is 7.89. The average Bonchev–Trinajstić information content (AvgIpc) is 2.24. The lowest BCUT2D eigenvalue weighted by Crippen LogP contribution is -2.60. The largest absolute Gasteiger partial charge is 0.683 e. The van der Waals surface area contributed by atoms with Crippen LogP contribution in [-0.4, -0.2) is 48.6 Å².